The molecule has 1 aromatic carbocycles. The van der Waals surface area contributed by atoms with Gasteiger partial charge in [-0.05, 0) is 62.0 Å². The molecule has 8 atom stereocenters. The Labute approximate surface area is 358 Å². The number of aliphatic hydroxyl groups excluding tert-OH is 2. The summed E-state index contributed by atoms with van der Waals surface area (Å²) in [5.41, 5.74) is 6.24. The summed E-state index contributed by atoms with van der Waals surface area (Å²) >= 11 is 0. The molecule has 1 aliphatic heterocycles. The van der Waals surface area contributed by atoms with Gasteiger partial charge in [-0.3, -0.25) is 38.5 Å². The molecule has 1 saturated heterocycles. The molecule has 0 radical (unpaired) electrons. The molecule has 10 N–H and O–H groups in total. The lowest BCUT2D eigenvalue weighted by molar-refractivity contribution is -0.146. The molecule has 1 heterocycles. The van der Waals surface area contributed by atoms with Gasteiger partial charge in [0, 0.05) is 13.5 Å². The molecule has 0 bridgehead atoms. The van der Waals surface area contributed by atoms with E-state index in [0.29, 0.717) is 19.4 Å². The number of rotatable bonds is 25. The molecule has 1 aliphatic rings. The zero-order chi connectivity index (χ0) is 46.0. The third-order valence-electron chi connectivity index (χ3n) is 10.2. The van der Waals surface area contributed by atoms with Crippen LogP contribution in [0.3, 0.4) is 0 Å². The molecule has 1 fully saturated rings. The van der Waals surface area contributed by atoms with Gasteiger partial charge in [0.25, 0.3) is 0 Å². The van der Waals surface area contributed by atoms with Gasteiger partial charge in [-0.25, -0.2) is 4.79 Å². The van der Waals surface area contributed by atoms with Crippen molar-refractivity contribution in [2.24, 2.45) is 23.5 Å². The highest BCUT2D eigenvalue weighted by molar-refractivity contribution is 5.96. The summed E-state index contributed by atoms with van der Waals surface area (Å²) < 4.78 is 4.86. The molecular formula is C42H68N8O11. The molecule has 19 heteroatoms. The largest absolute Gasteiger partial charge is 0.467 e. The third-order valence-corrected chi connectivity index (χ3v) is 10.2. The fourth-order valence-corrected chi connectivity index (χ4v) is 7.09. The number of aliphatic hydroxyl groups is 2. The highest BCUT2D eigenvalue weighted by atomic mass is 16.5. The lowest BCUT2D eigenvalue weighted by Gasteiger charge is -2.32. The van der Waals surface area contributed by atoms with E-state index in [1.807, 2.05) is 13.8 Å². The van der Waals surface area contributed by atoms with Crippen molar-refractivity contribution in [3.05, 3.63) is 35.9 Å². The maximum absolute atomic E-state index is 14.0. The number of ether oxygens (including phenoxy) is 1. The van der Waals surface area contributed by atoms with Gasteiger partial charge in [0.05, 0.1) is 38.3 Å². The highest BCUT2D eigenvalue weighted by Gasteiger charge is 2.38. The van der Waals surface area contributed by atoms with Crippen LogP contribution in [0.15, 0.2) is 30.3 Å². The number of nitrogens with one attached hydrogen (secondary N) is 6. The maximum Gasteiger partial charge on any atom is 0.328 e. The number of benzene rings is 1. The summed E-state index contributed by atoms with van der Waals surface area (Å²) in [5.74, 6) is -6.01. The number of hydrogen-bond donors (Lipinski definition) is 9. The van der Waals surface area contributed by atoms with Crippen molar-refractivity contribution in [1.29, 1.82) is 0 Å². The Balaban J connectivity index is 2.33. The van der Waals surface area contributed by atoms with Gasteiger partial charge in [-0.2, -0.15) is 0 Å². The van der Waals surface area contributed by atoms with E-state index in [2.05, 4.69) is 31.9 Å². The van der Waals surface area contributed by atoms with E-state index in [1.165, 1.54) is 7.11 Å². The topological polar surface area (TPSA) is 288 Å². The molecule has 0 aliphatic carbocycles. The van der Waals surface area contributed by atoms with Crippen LogP contribution < -0.4 is 37.6 Å². The van der Waals surface area contributed by atoms with Crippen LogP contribution in [0, 0.1) is 17.8 Å². The summed E-state index contributed by atoms with van der Waals surface area (Å²) in [5, 5.41) is 37.1. The number of amides is 7. The predicted octanol–water partition coefficient (Wildman–Crippen LogP) is -1.23. The van der Waals surface area contributed by atoms with Gasteiger partial charge in [-0.15, -0.1) is 0 Å². The van der Waals surface area contributed by atoms with E-state index < -0.39 is 109 Å². The van der Waals surface area contributed by atoms with Crippen molar-refractivity contribution in [3.63, 3.8) is 0 Å². The van der Waals surface area contributed by atoms with Gasteiger partial charge < -0.3 is 52.6 Å². The number of carbonyl (C=O) groups is 8. The molecule has 61 heavy (non-hydrogen) atoms. The molecule has 0 unspecified atom stereocenters. The normalized spacial score (nSPS) is 17.6. The van der Waals surface area contributed by atoms with Crippen LogP contribution >= 0.6 is 0 Å². The number of likely N-dealkylation sites (tertiary alicyclic amines) is 1. The maximum atomic E-state index is 14.0. The SMILES string of the molecule is COC(=O)[C@@H](NC(=O)[C@H](CC(C)C)NC(=O)[C@@H]1CCCN1C[C@H](O)[C@H](Cc1ccccc1)NC(=O)[C@H](CC(N)=O)NC(=O)[C@H](CC(C)C)NC(=O)[C@H](CO)NC(C)=O)C(C)C. The molecule has 342 valence electrons. The molecule has 2 rings (SSSR count). The standard InChI is InChI=1S/C42H68N8O11/c1-23(2)17-29(46-40(58)32(22-51)44-26(7)52)37(55)47-31(20-35(43)54)38(56)45-28(19-27-13-10-9-11-14-27)34(53)21-50-16-12-15-33(50)41(59)48-30(18-24(3)4)39(57)49-36(25(5)6)42(60)61-8/h9-11,13-14,23-25,28-34,36,51,53H,12,15-22H2,1-8H3,(H2,43,54)(H,44,52)(H,45,56)(H,46,58)(H,47,55)(H,48,59)(H,49,57)/t28-,29-,30-,31-,32-,33-,34-,36-/m0/s1. The quantitative estimate of drug-likeness (QED) is 0.0523. The number of carbonyl (C=O) groups excluding carboxylic acids is 8. The monoisotopic (exact) mass is 861 g/mol. The van der Waals surface area contributed by atoms with Crippen LogP contribution in [-0.2, 0) is 49.5 Å². The van der Waals surface area contributed by atoms with Gasteiger partial charge >= 0.3 is 5.97 Å². The fourth-order valence-electron chi connectivity index (χ4n) is 7.09. The van der Waals surface area contributed by atoms with Gasteiger partial charge in [-0.1, -0.05) is 71.9 Å². The number of methoxy groups -OCH3 is 1. The second-order valence-electron chi connectivity index (χ2n) is 16.8. The second-order valence-corrected chi connectivity index (χ2v) is 16.8. The van der Waals surface area contributed by atoms with Crippen molar-refractivity contribution < 1.29 is 53.3 Å². The summed E-state index contributed by atoms with van der Waals surface area (Å²) in [6, 6.07) is 1.22. The minimum atomic E-state index is -1.53. The van der Waals surface area contributed by atoms with Gasteiger partial charge in [0.1, 0.15) is 30.2 Å². The molecule has 1 aromatic rings. The lowest BCUT2D eigenvalue weighted by atomic mass is 9.99. The fraction of sp³-hybridized carbons (Fsp3) is 0.667. The minimum Gasteiger partial charge on any atom is -0.467 e. The third kappa shape index (κ3) is 17.8. The molecular weight excluding hydrogens is 793 g/mol. The zero-order valence-electron chi connectivity index (χ0n) is 36.7. The predicted molar refractivity (Wildman–Crippen MR) is 225 cm³/mol. The summed E-state index contributed by atoms with van der Waals surface area (Å²) in [6.07, 6.45) is -0.401. The van der Waals surface area contributed by atoms with Crippen LogP contribution in [0.2, 0.25) is 0 Å². The van der Waals surface area contributed by atoms with E-state index in [9.17, 15) is 48.6 Å². The van der Waals surface area contributed by atoms with Gasteiger partial charge in [0.15, 0.2) is 0 Å². The van der Waals surface area contributed by atoms with Crippen LogP contribution in [-0.4, -0.2) is 138 Å². The Morgan fingerprint density at radius 1 is 0.770 bits per heavy atom. The summed E-state index contributed by atoms with van der Waals surface area (Å²) in [7, 11) is 1.23. The second kappa shape index (κ2) is 25.6. The van der Waals surface area contributed by atoms with E-state index in [4.69, 9.17) is 10.5 Å². The first kappa shape index (κ1) is 52.0. The summed E-state index contributed by atoms with van der Waals surface area (Å²) in [6.45, 7) is 11.7. The Morgan fingerprint density at radius 3 is 1.84 bits per heavy atom. The molecule has 0 saturated carbocycles. The molecule has 7 amide bonds. The molecule has 19 nitrogen and oxygen atoms in total. The number of esters is 1. The van der Waals surface area contributed by atoms with Crippen LogP contribution in [0.1, 0.15) is 86.1 Å². The minimum absolute atomic E-state index is 0.00668. The van der Waals surface area contributed by atoms with Crippen LogP contribution in [0.5, 0.6) is 0 Å². The highest BCUT2D eigenvalue weighted by Crippen LogP contribution is 2.20. The number of β-amino-alcohol motifs (C(OH)–C–C–N with tert-alkyl or cyclic N) is 1. The average molecular weight is 861 g/mol. The van der Waals surface area contributed by atoms with E-state index >= 15 is 0 Å². The number of nitrogens with zero attached hydrogens (tertiary/aromatic N) is 1. The van der Waals surface area contributed by atoms with Crippen molar-refractivity contribution in [2.45, 2.75) is 135 Å². The molecule has 0 aromatic heterocycles. The summed E-state index contributed by atoms with van der Waals surface area (Å²) in [4.78, 5) is 106. The average Bonchev–Trinajstić information content (AvgIpc) is 3.65. The zero-order valence-corrected chi connectivity index (χ0v) is 36.7. The van der Waals surface area contributed by atoms with Gasteiger partial charge in [0.2, 0.25) is 41.4 Å². The Morgan fingerprint density at radius 2 is 1.31 bits per heavy atom. The van der Waals surface area contributed by atoms with Crippen molar-refractivity contribution in [2.75, 3.05) is 26.8 Å². The number of primary amides is 1. The Hall–Kier alpha value is -5.14. The number of nitrogens with two attached hydrogens (primary N) is 1. The van der Waals surface area contributed by atoms with E-state index in [1.54, 1.807) is 62.9 Å². The lowest BCUT2D eigenvalue weighted by Crippen LogP contribution is -2.60. The van der Waals surface area contributed by atoms with E-state index in [0.717, 1.165) is 12.5 Å². The Kier molecular flexibility index (Phi) is 21.8. The van der Waals surface area contributed by atoms with Crippen molar-refractivity contribution in [3.8, 4) is 0 Å². The van der Waals surface area contributed by atoms with E-state index in [-0.39, 0.29) is 43.6 Å². The first-order valence-corrected chi connectivity index (χ1v) is 20.9. The van der Waals surface area contributed by atoms with Crippen molar-refractivity contribution >= 4 is 47.3 Å². The van der Waals surface area contributed by atoms with Crippen molar-refractivity contribution in [1.82, 2.24) is 36.8 Å². The smallest absolute Gasteiger partial charge is 0.328 e. The van der Waals surface area contributed by atoms with Crippen LogP contribution in [0.4, 0.5) is 0 Å². The first-order valence-electron chi connectivity index (χ1n) is 20.9. The van der Waals surface area contributed by atoms with Crippen LogP contribution in [0.25, 0.3) is 0 Å². The number of hydrogen-bond acceptors (Lipinski definition) is 12. The Bertz CT molecular complexity index is 1640. The first-order chi connectivity index (χ1) is 28.7. The molecule has 0 spiro atoms.